The number of likely N-dealkylation sites (tertiary alicyclic amines) is 1. The maximum absolute atomic E-state index is 12.7. The molecule has 0 aliphatic carbocycles. The lowest BCUT2D eigenvalue weighted by Crippen LogP contribution is -2.46. The Bertz CT molecular complexity index is 889. The van der Waals surface area contributed by atoms with Gasteiger partial charge in [-0.3, -0.25) is 9.59 Å². The minimum atomic E-state index is -0.671. The molecule has 4 amide bonds. The topological polar surface area (TPSA) is 105 Å². The van der Waals surface area contributed by atoms with Crippen LogP contribution in [0.5, 0.6) is 0 Å². The fourth-order valence-electron chi connectivity index (χ4n) is 3.37. The number of nitrogens with zero attached hydrogens (tertiary/aromatic N) is 1. The van der Waals surface area contributed by atoms with Crippen LogP contribution in [0, 0.1) is 6.92 Å². The van der Waals surface area contributed by atoms with Crippen molar-refractivity contribution in [1.29, 1.82) is 0 Å². The number of nitrogens with one attached hydrogen (secondary N) is 2. The summed E-state index contributed by atoms with van der Waals surface area (Å²) in [6.07, 6.45) is 1.39. The Morgan fingerprint density at radius 1 is 1.04 bits per heavy atom. The van der Waals surface area contributed by atoms with E-state index >= 15 is 0 Å². The molecular weight excluding hydrogens is 356 g/mol. The number of primary amides is 1. The number of carbonyl (C=O) groups excluding carboxylic acids is 3. The maximum atomic E-state index is 12.7. The summed E-state index contributed by atoms with van der Waals surface area (Å²) in [5, 5.41) is 5.54. The molecule has 1 aliphatic rings. The van der Waals surface area contributed by atoms with Gasteiger partial charge >= 0.3 is 6.03 Å². The molecule has 0 saturated carbocycles. The van der Waals surface area contributed by atoms with E-state index < -0.39 is 6.03 Å². The second kappa shape index (κ2) is 8.56. The van der Waals surface area contributed by atoms with Gasteiger partial charge in [0.25, 0.3) is 11.8 Å². The van der Waals surface area contributed by atoms with Crippen LogP contribution in [0.25, 0.3) is 0 Å². The number of aryl methyl sites for hydroxylation is 1. The van der Waals surface area contributed by atoms with Gasteiger partial charge in [-0.15, -0.1) is 0 Å². The van der Waals surface area contributed by atoms with Gasteiger partial charge in [0.2, 0.25) is 0 Å². The van der Waals surface area contributed by atoms with Gasteiger partial charge in [-0.25, -0.2) is 4.79 Å². The van der Waals surface area contributed by atoms with Crippen molar-refractivity contribution in [2.24, 2.45) is 5.73 Å². The zero-order valence-corrected chi connectivity index (χ0v) is 15.8. The fourth-order valence-corrected chi connectivity index (χ4v) is 3.37. The summed E-state index contributed by atoms with van der Waals surface area (Å²) < 4.78 is 0. The molecule has 0 unspecified atom stereocenters. The van der Waals surface area contributed by atoms with E-state index in [0.29, 0.717) is 42.7 Å². The van der Waals surface area contributed by atoms with E-state index in [1.807, 2.05) is 31.2 Å². The number of nitrogens with two attached hydrogens (primary N) is 1. The van der Waals surface area contributed by atoms with Gasteiger partial charge in [0.1, 0.15) is 0 Å². The van der Waals surface area contributed by atoms with Crippen molar-refractivity contribution in [1.82, 2.24) is 10.2 Å². The van der Waals surface area contributed by atoms with Crippen LogP contribution >= 0.6 is 0 Å². The number of piperidine rings is 1. The molecule has 28 heavy (non-hydrogen) atoms. The van der Waals surface area contributed by atoms with E-state index in [1.54, 1.807) is 29.2 Å². The lowest BCUT2D eigenvalue weighted by Gasteiger charge is -2.32. The van der Waals surface area contributed by atoms with Gasteiger partial charge in [0.15, 0.2) is 0 Å². The number of hydrogen-bond donors (Lipinski definition) is 3. The van der Waals surface area contributed by atoms with Crippen LogP contribution in [0.2, 0.25) is 0 Å². The maximum Gasteiger partial charge on any atom is 0.316 e. The molecule has 1 fully saturated rings. The molecule has 1 aliphatic heterocycles. The monoisotopic (exact) mass is 380 g/mol. The molecule has 2 aromatic carbocycles. The lowest BCUT2D eigenvalue weighted by atomic mass is 10.0. The average Bonchev–Trinajstić information content (AvgIpc) is 2.68. The second-order valence-corrected chi connectivity index (χ2v) is 6.92. The van der Waals surface area contributed by atoms with E-state index in [9.17, 15) is 14.4 Å². The van der Waals surface area contributed by atoms with Crippen LogP contribution in [0.3, 0.4) is 0 Å². The molecule has 0 radical (unpaired) electrons. The van der Waals surface area contributed by atoms with Crippen molar-refractivity contribution < 1.29 is 14.4 Å². The molecule has 7 heteroatoms. The molecule has 7 nitrogen and oxygen atoms in total. The number of amides is 4. The zero-order chi connectivity index (χ0) is 20.1. The molecule has 0 atom stereocenters. The highest BCUT2D eigenvalue weighted by molar-refractivity contribution is 5.97. The Hall–Kier alpha value is -3.35. The van der Waals surface area contributed by atoms with Crippen molar-refractivity contribution in [2.75, 3.05) is 18.4 Å². The average molecular weight is 380 g/mol. The van der Waals surface area contributed by atoms with Crippen LogP contribution in [0.15, 0.2) is 48.5 Å². The third-order valence-electron chi connectivity index (χ3n) is 4.88. The van der Waals surface area contributed by atoms with Gasteiger partial charge in [-0.05, 0) is 49.6 Å². The summed E-state index contributed by atoms with van der Waals surface area (Å²) in [5.74, 6) is -0.176. The number of rotatable bonds is 4. The van der Waals surface area contributed by atoms with Gasteiger partial charge in [-0.2, -0.15) is 0 Å². The molecule has 146 valence electrons. The molecular formula is C21H24N4O3. The van der Waals surface area contributed by atoms with Crippen LogP contribution in [0.1, 0.15) is 39.1 Å². The Morgan fingerprint density at radius 3 is 2.43 bits per heavy atom. The predicted molar refractivity (Wildman–Crippen MR) is 107 cm³/mol. The first-order valence-electron chi connectivity index (χ1n) is 9.26. The summed E-state index contributed by atoms with van der Waals surface area (Å²) in [5.41, 5.74) is 7.72. The van der Waals surface area contributed by atoms with Crippen molar-refractivity contribution in [3.8, 4) is 0 Å². The summed E-state index contributed by atoms with van der Waals surface area (Å²) >= 11 is 0. The normalized spacial score (nSPS) is 14.4. The highest BCUT2D eigenvalue weighted by atomic mass is 16.2. The van der Waals surface area contributed by atoms with E-state index in [1.165, 1.54) is 0 Å². The highest BCUT2D eigenvalue weighted by Crippen LogP contribution is 2.17. The SMILES string of the molecule is Cc1ccccc1C(=O)NC1CCN(C(=O)c2cccc(NC(N)=O)c2)CC1. The first-order chi connectivity index (χ1) is 13.4. The standard InChI is InChI=1S/C21H24N4O3/c1-14-5-2-3-8-18(14)19(26)23-16-9-11-25(12-10-16)20(27)15-6-4-7-17(13-15)24-21(22)28/h2-8,13,16H,9-12H2,1H3,(H,23,26)(H3,22,24,28). The van der Waals surface area contributed by atoms with E-state index in [2.05, 4.69) is 10.6 Å². The molecule has 4 N–H and O–H groups in total. The smallest absolute Gasteiger partial charge is 0.316 e. The quantitative estimate of drug-likeness (QED) is 0.759. The third-order valence-corrected chi connectivity index (χ3v) is 4.88. The van der Waals surface area contributed by atoms with Gasteiger partial charge < -0.3 is 21.3 Å². The summed E-state index contributed by atoms with van der Waals surface area (Å²) in [6.45, 7) is 3.04. The molecule has 1 heterocycles. The number of anilines is 1. The van der Waals surface area contributed by atoms with Crippen LogP contribution < -0.4 is 16.4 Å². The van der Waals surface area contributed by atoms with Crippen LogP contribution in [0.4, 0.5) is 10.5 Å². The first kappa shape index (κ1) is 19.4. The number of urea groups is 1. The van der Waals surface area contributed by atoms with E-state index in [-0.39, 0.29) is 17.9 Å². The first-order valence-corrected chi connectivity index (χ1v) is 9.26. The van der Waals surface area contributed by atoms with Crippen molar-refractivity contribution in [3.63, 3.8) is 0 Å². The molecule has 1 saturated heterocycles. The van der Waals surface area contributed by atoms with E-state index in [4.69, 9.17) is 5.73 Å². The Labute approximate surface area is 163 Å². The van der Waals surface area contributed by atoms with Crippen molar-refractivity contribution >= 4 is 23.5 Å². The summed E-state index contributed by atoms with van der Waals surface area (Å²) in [7, 11) is 0. The fraction of sp³-hybridized carbons (Fsp3) is 0.286. The minimum Gasteiger partial charge on any atom is -0.351 e. The van der Waals surface area contributed by atoms with Crippen LogP contribution in [-0.2, 0) is 0 Å². The van der Waals surface area contributed by atoms with Gasteiger partial charge in [-0.1, -0.05) is 24.3 Å². The molecule has 0 spiro atoms. The van der Waals surface area contributed by atoms with Gasteiger partial charge in [0, 0.05) is 35.9 Å². The van der Waals surface area contributed by atoms with Crippen molar-refractivity contribution in [2.45, 2.75) is 25.8 Å². The Kier molecular flexibility index (Phi) is 5.93. The van der Waals surface area contributed by atoms with Gasteiger partial charge in [0.05, 0.1) is 0 Å². The van der Waals surface area contributed by atoms with E-state index in [0.717, 1.165) is 5.56 Å². The predicted octanol–water partition coefficient (Wildman–Crippen LogP) is 2.52. The van der Waals surface area contributed by atoms with Crippen LogP contribution in [-0.4, -0.2) is 41.9 Å². The highest BCUT2D eigenvalue weighted by Gasteiger charge is 2.25. The number of carbonyl (C=O) groups is 3. The zero-order valence-electron chi connectivity index (χ0n) is 15.8. The lowest BCUT2D eigenvalue weighted by molar-refractivity contribution is 0.0698. The summed E-state index contributed by atoms with van der Waals surface area (Å²) in [6, 6.07) is 13.6. The number of benzene rings is 2. The Balaban J connectivity index is 1.56. The third kappa shape index (κ3) is 4.68. The second-order valence-electron chi connectivity index (χ2n) is 6.92. The molecule has 0 bridgehead atoms. The molecule has 3 rings (SSSR count). The minimum absolute atomic E-state index is 0.0408. The Morgan fingerprint density at radius 2 is 1.75 bits per heavy atom. The number of hydrogen-bond acceptors (Lipinski definition) is 3. The summed E-state index contributed by atoms with van der Waals surface area (Å²) in [4.78, 5) is 37.9. The molecule has 2 aromatic rings. The molecule has 0 aromatic heterocycles. The van der Waals surface area contributed by atoms with Crippen molar-refractivity contribution in [3.05, 3.63) is 65.2 Å². The largest absolute Gasteiger partial charge is 0.351 e.